The van der Waals surface area contributed by atoms with Crippen LogP contribution in [0.5, 0.6) is 5.75 Å². The van der Waals surface area contributed by atoms with Crippen LogP contribution in [0.4, 0.5) is 9.59 Å². The lowest BCUT2D eigenvalue weighted by Crippen LogP contribution is -2.54. The van der Waals surface area contributed by atoms with Gasteiger partial charge in [0, 0.05) is 44.2 Å². The Labute approximate surface area is 365 Å². The molecule has 334 valence electrons. The molecule has 8 rings (SSSR count). The number of rotatable bonds is 13. The fourth-order valence-corrected chi connectivity index (χ4v) is 9.50. The second kappa shape index (κ2) is 17.9. The second-order valence-electron chi connectivity index (χ2n) is 17.3. The number of benzene rings is 3. The molecule has 3 aliphatic heterocycles. The van der Waals surface area contributed by atoms with Crippen molar-refractivity contribution in [1.29, 1.82) is 0 Å². The predicted molar refractivity (Wildman–Crippen MR) is 234 cm³/mol. The molecule has 0 bridgehead atoms. The number of carbonyl (C=O) groups is 4. The lowest BCUT2D eigenvalue weighted by Gasteiger charge is -2.30. The summed E-state index contributed by atoms with van der Waals surface area (Å²) in [7, 11) is 4.39. The largest absolute Gasteiger partial charge is 0.488 e. The highest BCUT2D eigenvalue weighted by Gasteiger charge is 2.43. The molecule has 2 aromatic heterocycles. The Balaban J connectivity index is 1.06. The van der Waals surface area contributed by atoms with Crippen LogP contribution in [0.1, 0.15) is 76.3 Å². The molecule has 63 heavy (non-hydrogen) atoms. The molecule has 0 spiro atoms. The van der Waals surface area contributed by atoms with Gasteiger partial charge in [-0.1, -0.05) is 45.4 Å². The van der Waals surface area contributed by atoms with E-state index in [1.807, 2.05) is 32.0 Å². The number of fused-ring (bicyclic) bond motifs is 6. The van der Waals surface area contributed by atoms with E-state index >= 15 is 0 Å². The van der Waals surface area contributed by atoms with Crippen LogP contribution in [0.15, 0.2) is 48.7 Å². The molecule has 0 aliphatic carbocycles. The Morgan fingerprint density at radius 1 is 0.921 bits per heavy atom. The van der Waals surface area contributed by atoms with Crippen molar-refractivity contribution in [1.82, 2.24) is 40.4 Å². The van der Waals surface area contributed by atoms with Crippen LogP contribution in [-0.2, 0) is 30.4 Å². The zero-order valence-corrected chi connectivity index (χ0v) is 36.7. The van der Waals surface area contributed by atoms with Crippen molar-refractivity contribution in [3.8, 4) is 28.1 Å². The number of nitrogens with zero attached hydrogens (tertiary/aromatic N) is 4. The number of ether oxygens (including phenoxy) is 4. The average molecular weight is 865 g/mol. The molecule has 4 amide bonds. The number of imidazole rings is 2. The first kappa shape index (κ1) is 43.4. The number of hydrogen-bond acceptors (Lipinski definition) is 10. The van der Waals surface area contributed by atoms with Crippen LogP contribution < -0.4 is 15.4 Å². The number of carbonyl (C=O) groups excluding carboxylic acids is 3. The van der Waals surface area contributed by atoms with E-state index in [-0.39, 0.29) is 35.6 Å². The van der Waals surface area contributed by atoms with Crippen molar-refractivity contribution in [3.63, 3.8) is 0 Å². The Bertz CT molecular complexity index is 2540. The van der Waals surface area contributed by atoms with Crippen molar-refractivity contribution >= 4 is 45.8 Å². The third kappa shape index (κ3) is 8.38. The second-order valence-corrected chi connectivity index (χ2v) is 17.3. The minimum atomic E-state index is -1.21. The first-order valence-corrected chi connectivity index (χ1v) is 21.6. The molecule has 5 aromatic rings. The highest BCUT2D eigenvalue weighted by Crippen LogP contribution is 2.44. The van der Waals surface area contributed by atoms with E-state index in [1.165, 1.54) is 14.2 Å². The molecule has 3 aliphatic rings. The molecule has 0 radical (unpaired) electrons. The van der Waals surface area contributed by atoms with E-state index in [4.69, 9.17) is 28.9 Å². The van der Waals surface area contributed by atoms with Gasteiger partial charge in [0.05, 0.1) is 54.8 Å². The maximum Gasteiger partial charge on any atom is 0.407 e. The minimum Gasteiger partial charge on any atom is -0.488 e. The summed E-state index contributed by atoms with van der Waals surface area (Å²) >= 11 is 0. The van der Waals surface area contributed by atoms with Crippen LogP contribution in [-0.4, -0.2) is 118 Å². The quantitative estimate of drug-likeness (QED) is 0.0856. The van der Waals surface area contributed by atoms with Gasteiger partial charge in [0.15, 0.2) is 0 Å². The highest BCUT2D eigenvalue weighted by atomic mass is 16.5. The molecular formula is C46H56N8O9. The maximum atomic E-state index is 14.1. The zero-order valence-electron chi connectivity index (χ0n) is 36.7. The first-order chi connectivity index (χ1) is 30.3. The van der Waals surface area contributed by atoms with Crippen molar-refractivity contribution in [2.75, 3.05) is 41.0 Å². The topological polar surface area (TPSA) is 213 Å². The van der Waals surface area contributed by atoms with Gasteiger partial charge < -0.3 is 54.5 Å². The number of amides is 4. The van der Waals surface area contributed by atoms with E-state index in [9.17, 15) is 24.3 Å². The Kier molecular flexibility index (Phi) is 12.3. The van der Waals surface area contributed by atoms with Crippen LogP contribution in [0, 0.1) is 17.8 Å². The summed E-state index contributed by atoms with van der Waals surface area (Å²) in [5.41, 5.74) is 6.35. The molecule has 4 unspecified atom stereocenters. The SMILES string of the molecule is CCC(C)C(NC(=O)O)C(=O)N1C[C@@H](C)C[C@H]1c1ncc(-c2ccc3c(c2)COc2cc4c(ccc5nc([C@@H]6C[C@H](COC)CN6C(=O)C(NC(=O)OC)C(C)OC)[nH]c54)cc2-3)[nH]1. The number of likely N-dealkylation sites (tertiary alicyclic amines) is 2. The van der Waals surface area contributed by atoms with Crippen molar-refractivity contribution in [3.05, 3.63) is 65.9 Å². The maximum absolute atomic E-state index is 14.1. The summed E-state index contributed by atoms with van der Waals surface area (Å²) in [5.74, 6) is 1.63. The molecule has 17 nitrogen and oxygen atoms in total. The van der Waals surface area contributed by atoms with Crippen molar-refractivity contribution in [2.45, 2.75) is 83.8 Å². The molecule has 0 saturated carbocycles. The smallest absolute Gasteiger partial charge is 0.407 e. The van der Waals surface area contributed by atoms with E-state index in [0.717, 1.165) is 55.5 Å². The average Bonchev–Trinajstić information content (AvgIpc) is 4.11. The number of alkyl carbamates (subject to hydrolysis) is 1. The molecule has 2 fully saturated rings. The van der Waals surface area contributed by atoms with Gasteiger partial charge >= 0.3 is 12.2 Å². The van der Waals surface area contributed by atoms with Gasteiger partial charge in [0.1, 0.15) is 36.1 Å². The summed E-state index contributed by atoms with van der Waals surface area (Å²) in [5, 5.41) is 16.5. The number of carboxylic acid groups (broad SMARTS) is 1. The predicted octanol–water partition coefficient (Wildman–Crippen LogP) is 6.55. The molecule has 5 heterocycles. The Morgan fingerprint density at radius 3 is 2.41 bits per heavy atom. The van der Waals surface area contributed by atoms with Crippen LogP contribution in [0.3, 0.4) is 0 Å². The third-order valence-electron chi connectivity index (χ3n) is 13.1. The highest BCUT2D eigenvalue weighted by molar-refractivity contribution is 6.07. The van der Waals surface area contributed by atoms with Crippen LogP contribution >= 0.6 is 0 Å². The standard InChI is InChI=1S/C46H56N8O9/c1-8-24(3)38(51-45(57)58)43(55)53-19-23(2)13-35(53)41-47-18-34(49-41)28-9-11-30-29(15-28)22-63-37-17-31-27(16-32(30)37)10-12-33-40(31)50-42(48-33)36-14-26(21-60-5)20-54(36)44(56)39(25(4)61-6)52-46(59)62-7/h9-12,15-18,23-26,35-36,38-39,51H,8,13-14,19-22H2,1-7H3,(H,47,49)(H,48,50)(H,52,59)(H,57,58)/t23-,24?,25?,26-,35-,36-,38?,39?/m0/s1. The normalized spacial score (nSPS) is 21.3. The summed E-state index contributed by atoms with van der Waals surface area (Å²) in [6.45, 7) is 9.40. The van der Waals surface area contributed by atoms with Gasteiger partial charge in [-0.25, -0.2) is 19.6 Å². The minimum absolute atomic E-state index is 0.0519. The third-order valence-corrected chi connectivity index (χ3v) is 13.1. The Hall–Kier alpha value is -6.20. The summed E-state index contributed by atoms with van der Waals surface area (Å²) in [6, 6.07) is 11.9. The number of nitrogens with one attached hydrogen (secondary N) is 4. The van der Waals surface area contributed by atoms with Crippen LogP contribution in [0.2, 0.25) is 0 Å². The van der Waals surface area contributed by atoms with Gasteiger partial charge in [-0.15, -0.1) is 0 Å². The number of methoxy groups -OCH3 is 3. The fourth-order valence-electron chi connectivity index (χ4n) is 9.50. The van der Waals surface area contributed by atoms with Crippen molar-refractivity contribution < 1.29 is 43.2 Å². The van der Waals surface area contributed by atoms with Gasteiger partial charge in [0.25, 0.3) is 0 Å². The summed E-state index contributed by atoms with van der Waals surface area (Å²) in [4.78, 5) is 72.1. The summed E-state index contributed by atoms with van der Waals surface area (Å²) in [6.07, 6.45) is 1.22. The number of aromatic amines is 2. The molecule has 17 heteroatoms. The van der Waals surface area contributed by atoms with E-state index in [2.05, 4.69) is 51.8 Å². The number of hydrogen-bond donors (Lipinski definition) is 5. The molecule has 2 saturated heterocycles. The van der Waals surface area contributed by atoms with Gasteiger partial charge in [0.2, 0.25) is 11.8 Å². The van der Waals surface area contributed by atoms with Crippen molar-refractivity contribution in [2.24, 2.45) is 17.8 Å². The number of aromatic nitrogens is 4. The number of H-pyrrole nitrogens is 2. The first-order valence-electron chi connectivity index (χ1n) is 21.6. The molecule has 8 atom stereocenters. The van der Waals surface area contributed by atoms with E-state index < -0.39 is 36.4 Å². The summed E-state index contributed by atoms with van der Waals surface area (Å²) < 4.78 is 22.2. The zero-order chi connectivity index (χ0) is 44.7. The van der Waals surface area contributed by atoms with Crippen LogP contribution in [0.25, 0.3) is 44.2 Å². The molecular weight excluding hydrogens is 809 g/mol. The Morgan fingerprint density at radius 2 is 1.68 bits per heavy atom. The van der Waals surface area contributed by atoms with Gasteiger partial charge in [-0.2, -0.15) is 0 Å². The lowest BCUT2D eigenvalue weighted by molar-refractivity contribution is -0.138. The van der Waals surface area contributed by atoms with Gasteiger partial charge in [-0.3, -0.25) is 9.59 Å². The van der Waals surface area contributed by atoms with Gasteiger partial charge in [-0.05, 0) is 77.9 Å². The van der Waals surface area contributed by atoms with E-state index in [0.29, 0.717) is 57.2 Å². The monoisotopic (exact) mass is 864 g/mol. The molecule has 3 aromatic carbocycles. The molecule has 5 N–H and O–H groups in total. The lowest BCUT2D eigenvalue weighted by atomic mass is 9.92. The fraction of sp³-hybridized carbons (Fsp3) is 0.478. The van der Waals surface area contributed by atoms with E-state index in [1.54, 1.807) is 30.0 Å².